The second-order valence-electron chi connectivity index (χ2n) is 3.94. The summed E-state index contributed by atoms with van der Waals surface area (Å²) in [4.78, 5) is 10.9. The van der Waals surface area contributed by atoms with Crippen molar-refractivity contribution in [2.24, 2.45) is 0 Å². The van der Waals surface area contributed by atoms with E-state index in [-0.39, 0.29) is 6.10 Å². The van der Waals surface area contributed by atoms with Crippen molar-refractivity contribution in [3.63, 3.8) is 0 Å². The maximum Gasteiger partial charge on any atom is 0.153 e. The summed E-state index contributed by atoms with van der Waals surface area (Å²) >= 11 is 6.11. The normalized spacial score (nSPS) is 11.9. The summed E-state index contributed by atoms with van der Waals surface area (Å²) in [6.07, 6.45) is 0.578. The monoisotopic (exact) mass is 260 g/mol. The molecule has 0 aliphatic heterocycles. The van der Waals surface area contributed by atoms with Crippen LogP contribution in [0.2, 0.25) is 5.02 Å². The highest BCUT2D eigenvalue weighted by Crippen LogP contribution is 2.28. The molecule has 0 fully saturated rings. The SMILES string of the molecule is CC(Oc1ccccc1C=O)c1ccccc1Cl. The van der Waals surface area contributed by atoms with Crippen LogP contribution in [0, 0.1) is 0 Å². The van der Waals surface area contributed by atoms with Gasteiger partial charge in [0.2, 0.25) is 0 Å². The lowest BCUT2D eigenvalue weighted by molar-refractivity contribution is 0.111. The Labute approximate surface area is 111 Å². The van der Waals surface area contributed by atoms with Crippen LogP contribution in [0.15, 0.2) is 48.5 Å². The highest BCUT2D eigenvalue weighted by atomic mass is 35.5. The zero-order valence-electron chi connectivity index (χ0n) is 9.97. The Hall–Kier alpha value is -1.80. The zero-order chi connectivity index (χ0) is 13.0. The average Bonchev–Trinajstić information content (AvgIpc) is 2.39. The molecule has 1 atom stereocenters. The van der Waals surface area contributed by atoms with E-state index in [9.17, 15) is 4.79 Å². The van der Waals surface area contributed by atoms with Gasteiger partial charge in [-0.2, -0.15) is 0 Å². The van der Waals surface area contributed by atoms with Gasteiger partial charge in [-0.25, -0.2) is 0 Å². The molecule has 0 aliphatic carbocycles. The zero-order valence-corrected chi connectivity index (χ0v) is 10.7. The molecule has 0 heterocycles. The lowest BCUT2D eigenvalue weighted by Crippen LogP contribution is -2.05. The Kier molecular flexibility index (Phi) is 4.00. The molecule has 2 aromatic rings. The van der Waals surface area contributed by atoms with Crippen molar-refractivity contribution in [3.05, 3.63) is 64.7 Å². The van der Waals surface area contributed by atoms with Gasteiger partial charge in [0.25, 0.3) is 0 Å². The molecular formula is C15H13ClO2. The van der Waals surface area contributed by atoms with E-state index >= 15 is 0 Å². The molecule has 2 rings (SSSR count). The molecule has 0 N–H and O–H groups in total. The molecule has 2 aromatic carbocycles. The van der Waals surface area contributed by atoms with Crippen LogP contribution in [-0.4, -0.2) is 6.29 Å². The van der Waals surface area contributed by atoms with Gasteiger partial charge in [-0.15, -0.1) is 0 Å². The molecule has 0 saturated heterocycles. The summed E-state index contributed by atoms with van der Waals surface area (Å²) in [5.41, 5.74) is 1.44. The Morgan fingerprint density at radius 1 is 1.11 bits per heavy atom. The number of benzene rings is 2. The molecule has 0 aromatic heterocycles. The van der Waals surface area contributed by atoms with Gasteiger partial charge in [-0.1, -0.05) is 41.9 Å². The van der Waals surface area contributed by atoms with Gasteiger partial charge in [0.15, 0.2) is 6.29 Å². The summed E-state index contributed by atoms with van der Waals surface area (Å²) in [5.74, 6) is 0.569. The van der Waals surface area contributed by atoms with Crippen molar-refractivity contribution in [2.45, 2.75) is 13.0 Å². The van der Waals surface area contributed by atoms with Crippen molar-refractivity contribution in [1.29, 1.82) is 0 Å². The lowest BCUT2D eigenvalue weighted by atomic mass is 10.1. The number of hydrogen-bond donors (Lipinski definition) is 0. The van der Waals surface area contributed by atoms with Crippen molar-refractivity contribution >= 4 is 17.9 Å². The number of carbonyl (C=O) groups is 1. The predicted molar refractivity (Wildman–Crippen MR) is 72.3 cm³/mol. The lowest BCUT2D eigenvalue weighted by Gasteiger charge is -2.17. The standard InChI is InChI=1S/C15H13ClO2/c1-11(13-7-3-4-8-14(13)16)18-15-9-5-2-6-12(15)10-17/h2-11H,1H3. The summed E-state index contributed by atoms with van der Waals surface area (Å²) in [5, 5.41) is 0.661. The smallest absolute Gasteiger partial charge is 0.153 e. The topological polar surface area (TPSA) is 26.3 Å². The van der Waals surface area contributed by atoms with E-state index < -0.39 is 0 Å². The first-order valence-corrected chi connectivity index (χ1v) is 6.05. The second-order valence-corrected chi connectivity index (χ2v) is 4.34. The van der Waals surface area contributed by atoms with E-state index in [2.05, 4.69) is 0 Å². The van der Waals surface area contributed by atoms with Gasteiger partial charge in [0, 0.05) is 10.6 Å². The maximum atomic E-state index is 10.9. The van der Waals surface area contributed by atoms with Crippen molar-refractivity contribution in [2.75, 3.05) is 0 Å². The number of hydrogen-bond acceptors (Lipinski definition) is 2. The summed E-state index contributed by atoms with van der Waals surface area (Å²) in [7, 11) is 0. The molecule has 0 spiro atoms. The van der Waals surface area contributed by atoms with Crippen LogP contribution in [0.1, 0.15) is 28.9 Å². The summed E-state index contributed by atoms with van der Waals surface area (Å²) < 4.78 is 5.79. The summed E-state index contributed by atoms with van der Waals surface area (Å²) in [6, 6.07) is 14.7. The maximum absolute atomic E-state index is 10.9. The fourth-order valence-electron chi connectivity index (χ4n) is 1.74. The third-order valence-corrected chi connectivity index (χ3v) is 3.04. The second kappa shape index (κ2) is 5.69. The third kappa shape index (κ3) is 2.71. The minimum absolute atomic E-state index is 0.209. The van der Waals surface area contributed by atoms with Gasteiger partial charge >= 0.3 is 0 Å². The molecule has 18 heavy (non-hydrogen) atoms. The van der Waals surface area contributed by atoms with E-state index in [1.807, 2.05) is 37.3 Å². The molecule has 92 valence electrons. The average molecular weight is 261 g/mol. The van der Waals surface area contributed by atoms with Crippen LogP contribution in [-0.2, 0) is 0 Å². The van der Waals surface area contributed by atoms with Gasteiger partial charge in [-0.3, -0.25) is 4.79 Å². The van der Waals surface area contributed by atoms with E-state index in [0.29, 0.717) is 16.3 Å². The molecular weight excluding hydrogens is 248 g/mol. The fourth-order valence-corrected chi connectivity index (χ4v) is 2.03. The quantitative estimate of drug-likeness (QED) is 0.767. The molecule has 0 amide bonds. The van der Waals surface area contributed by atoms with Crippen LogP contribution in [0.3, 0.4) is 0 Å². The first-order valence-electron chi connectivity index (χ1n) is 5.67. The fraction of sp³-hybridized carbons (Fsp3) is 0.133. The number of carbonyl (C=O) groups excluding carboxylic acids is 1. The third-order valence-electron chi connectivity index (χ3n) is 2.69. The van der Waals surface area contributed by atoms with Gasteiger partial charge in [-0.05, 0) is 25.1 Å². The van der Waals surface area contributed by atoms with Gasteiger partial charge < -0.3 is 4.74 Å². The first kappa shape index (κ1) is 12.7. The van der Waals surface area contributed by atoms with E-state index in [1.165, 1.54) is 0 Å². The van der Waals surface area contributed by atoms with Crippen LogP contribution < -0.4 is 4.74 Å². The molecule has 0 saturated carbocycles. The molecule has 3 heteroatoms. The number of halogens is 1. The Morgan fingerprint density at radius 3 is 2.50 bits per heavy atom. The van der Waals surface area contributed by atoms with Crippen molar-refractivity contribution in [3.8, 4) is 5.75 Å². The molecule has 0 bridgehead atoms. The van der Waals surface area contributed by atoms with Crippen LogP contribution in [0.4, 0.5) is 0 Å². The van der Waals surface area contributed by atoms with Gasteiger partial charge in [0.05, 0.1) is 5.56 Å². The van der Waals surface area contributed by atoms with E-state index in [1.54, 1.807) is 18.2 Å². The Morgan fingerprint density at radius 2 is 1.78 bits per heavy atom. The number of aldehydes is 1. The first-order chi connectivity index (χ1) is 8.72. The highest BCUT2D eigenvalue weighted by Gasteiger charge is 2.12. The number of para-hydroxylation sites is 1. The molecule has 1 unspecified atom stereocenters. The Balaban J connectivity index is 2.24. The predicted octanol–water partition coefficient (Wildman–Crippen LogP) is 4.29. The highest BCUT2D eigenvalue weighted by molar-refractivity contribution is 6.31. The van der Waals surface area contributed by atoms with E-state index in [4.69, 9.17) is 16.3 Å². The summed E-state index contributed by atoms with van der Waals surface area (Å²) in [6.45, 7) is 1.91. The number of rotatable bonds is 4. The van der Waals surface area contributed by atoms with Crippen LogP contribution >= 0.6 is 11.6 Å². The molecule has 2 nitrogen and oxygen atoms in total. The minimum atomic E-state index is -0.209. The van der Waals surface area contributed by atoms with Gasteiger partial charge in [0.1, 0.15) is 11.9 Å². The van der Waals surface area contributed by atoms with Crippen LogP contribution in [0.25, 0.3) is 0 Å². The van der Waals surface area contributed by atoms with Crippen molar-refractivity contribution < 1.29 is 9.53 Å². The van der Waals surface area contributed by atoms with E-state index in [0.717, 1.165) is 11.8 Å². The van der Waals surface area contributed by atoms with Crippen molar-refractivity contribution in [1.82, 2.24) is 0 Å². The van der Waals surface area contributed by atoms with Crippen LogP contribution in [0.5, 0.6) is 5.75 Å². The Bertz CT molecular complexity index is 552. The molecule has 0 aliphatic rings. The minimum Gasteiger partial charge on any atom is -0.485 e. The largest absolute Gasteiger partial charge is 0.485 e. The number of ether oxygens (including phenoxy) is 1. The molecule has 0 radical (unpaired) electrons.